The summed E-state index contributed by atoms with van der Waals surface area (Å²) in [6.45, 7) is 0.849. The number of ketones is 1. The number of benzene rings is 2. The van der Waals surface area contributed by atoms with Crippen LogP contribution in [0.4, 0.5) is 14.5 Å². The topological polar surface area (TPSA) is 29.1 Å². The second-order valence-corrected chi connectivity index (χ2v) is 4.54. The average Bonchev–Trinajstić information content (AvgIpc) is 2.83. The van der Waals surface area contributed by atoms with E-state index in [0.29, 0.717) is 5.56 Å². The number of nitrogens with one attached hydrogen (secondary N) is 1. The van der Waals surface area contributed by atoms with Crippen LogP contribution in [0.3, 0.4) is 0 Å². The van der Waals surface area contributed by atoms with E-state index in [1.54, 1.807) is 12.1 Å². The van der Waals surface area contributed by atoms with Gasteiger partial charge in [0.2, 0.25) is 0 Å². The summed E-state index contributed by atoms with van der Waals surface area (Å²) < 4.78 is 26.2. The molecule has 0 amide bonds. The molecular formula is C15H11F2NO. The molecule has 0 fully saturated rings. The van der Waals surface area contributed by atoms with E-state index in [4.69, 9.17) is 0 Å². The Hall–Kier alpha value is -2.23. The molecule has 1 aliphatic heterocycles. The van der Waals surface area contributed by atoms with Gasteiger partial charge in [0.1, 0.15) is 11.6 Å². The zero-order chi connectivity index (χ0) is 13.4. The Labute approximate surface area is 109 Å². The first-order valence-corrected chi connectivity index (χ1v) is 6.01. The van der Waals surface area contributed by atoms with Crippen molar-refractivity contribution in [1.82, 2.24) is 0 Å². The van der Waals surface area contributed by atoms with Crippen LogP contribution in [0.5, 0.6) is 0 Å². The maximum Gasteiger partial charge on any atom is 0.193 e. The van der Waals surface area contributed by atoms with Crippen molar-refractivity contribution in [1.29, 1.82) is 0 Å². The standard InChI is InChI=1S/C15H11F2NO/c16-12-5-11(6-13(17)8-12)15(19)10-2-1-9-3-4-18-14(9)7-10/h1-2,5-8,18H,3-4H2. The molecule has 0 saturated heterocycles. The van der Waals surface area contributed by atoms with Crippen molar-refractivity contribution in [2.45, 2.75) is 6.42 Å². The maximum atomic E-state index is 13.1. The number of fused-ring (bicyclic) bond motifs is 1. The van der Waals surface area contributed by atoms with E-state index < -0.39 is 11.6 Å². The Bertz CT molecular complexity index is 647. The Morgan fingerprint density at radius 3 is 2.47 bits per heavy atom. The van der Waals surface area contributed by atoms with Crippen LogP contribution >= 0.6 is 0 Å². The lowest BCUT2D eigenvalue weighted by atomic mass is 10.0. The fourth-order valence-corrected chi connectivity index (χ4v) is 2.28. The smallest absolute Gasteiger partial charge is 0.193 e. The molecule has 0 atom stereocenters. The molecule has 2 aromatic rings. The van der Waals surface area contributed by atoms with Crippen molar-refractivity contribution in [3.05, 3.63) is 64.7 Å². The molecule has 2 nitrogen and oxygen atoms in total. The first kappa shape index (κ1) is 11.8. The summed E-state index contributed by atoms with van der Waals surface area (Å²) >= 11 is 0. The lowest BCUT2D eigenvalue weighted by molar-refractivity contribution is 0.103. The number of carbonyl (C=O) groups excluding carboxylic acids is 1. The van der Waals surface area contributed by atoms with Gasteiger partial charge in [-0.1, -0.05) is 12.1 Å². The molecule has 0 aliphatic carbocycles. The monoisotopic (exact) mass is 259 g/mol. The Morgan fingerprint density at radius 1 is 1.00 bits per heavy atom. The predicted octanol–water partition coefficient (Wildman–Crippen LogP) is 3.16. The van der Waals surface area contributed by atoms with E-state index in [9.17, 15) is 13.6 Å². The summed E-state index contributed by atoms with van der Waals surface area (Å²) in [7, 11) is 0. The minimum Gasteiger partial charge on any atom is -0.384 e. The number of halogens is 2. The summed E-state index contributed by atoms with van der Waals surface area (Å²) in [6, 6.07) is 8.14. The van der Waals surface area contributed by atoms with Gasteiger partial charge in [0.15, 0.2) is 5.78 Å². The molecular weight excluding hydrogens is 248 g/mol. The zero-order valence-corrected chi connectivity index (χ0v) is 10.0. The molecule has 0 spiro atoms. The third-order valence-corrected chi connectivity index (χ3v) is 3.21. The van der Waals surface area contributed by atoms with Gasteiger partial charge < -0.3 is 5.32 Å². The highest BCUT2D eigenvalue weighted by atomic mass is 19.1. The molecule has 2 aromatic carbocycles. The van der Waals surface area contributed by atoms with E-state index in [2.05, 4.69) is 5.32 Å². The van der Waals surface area contributed by atoms with Gasteiger partial charge in [-0.2, -0.15) is 0 Å². The maximum absolute atomic E-state index is 13.1. The van der Waals surface area contributed by atoms with Crippen LogP contribution in [0.2, 0.25) is 0 Å². The SMILES string of the molecule is O=C(c1cc(F)cc(F)c1)c1ccc2c(c1)NCC2. The molecule has 0 unspecified atom stereocenters. The minimum absolute atomic E-state index is 0.0236. The Balaban J connectivity index is 1.99. The van der Waals surface area contributed by atoms with Crippen molar-refractivity contribution in [2.75, 3.05) is 11.9 Å². The summed E-state index contributed by atoms with van der Waals surface area (Å²) in [5, 5.41) is 3.17. The van der Waals surface area contributed by atoms with E-state index in [1.165, 1.54) is 0 Å². The van der Waals surface area contributed by atoms with Crippen LogP contribution in [0.15, 0.2) is 36.4 Å². The van der Waals surface area contributed by atoms with Gasteiger partial charge in [-0.3, -0.25) is 4.79 Å². The number of rotatable bonds is 2. The average molecular weight is 259 g/mol. The summed E-state index contributed by atoms with van der Waals surface area (Å²) in [5.41, 5.74) is 2.53. The zero-order valence-electron chi connectivity index (χ0n) is 10.0. The van der Waals surface area contributed by atoms with Gasteiger partial charge in [0.05, 0.1) is 0 Å². The van der Waals surface area contributed by atoms with Crippen LogP contribution in [-0.2, 0) is 6.42 Å². The number of carbonyl (C=O) groups is 1. The van der Waals surface area contributed by atoms with Crippen LogP contribution in [0.1, 0.15) is 21.5 Å². The van der Waals surface area contributed by atoms with E-state index in [0.717, 1.165) is 42.4 Å². The minimum atomic E-state index is -0.748. The Kier molecular flexibility index (Phi) is 2.78. The molecule has 1 N–H and O–H groups in total. The van der Waals surface area contributed by atoms with E-state index >= 15 is 0 Å². The van der Waals surface area contributed by atoms with Crippen LogP contribution in [0.25, 0.3) is 0 Å². The first-order valence-electron chi connectivity index (χ1n) is 6.01. The normalized spacial score (nSPS) is 12.9. The number of anilines is 1. The van der Waals surface area contributed by atoms with Gasteiger partial charge in [-0.25, -0.2) is 8.78 Å². The molecule has 96 valence electrons. The van der Waals surface area contributed by atoms with Crippen molar-refractivity contribution in [3.8, 4) is 0 Å². The van der Waals surface area contributed by atoms with Crippen molar-refractivity contribution < 1.29 is 13.6 Å². The Morgan fingerprint density at radius 2 is 1.74 bits per heavy atom. The molecule has 0 aromatic heterocycles. The highest BCUT2D eigenvalue weighted by Crippen LogP contribution is 2.24. The summed E-state index contributed by atoms with van der Waals surface area (Å²) in [5.74, 6) is -1.87. The predicted molar refractivity (Wildman–Crippen MR) is 68.4 cm³/mol. The second-order valence-electron chi connectivity index (χ2n) is 4.54. The summed E-state index contributed by atoms with van der Waals surface area (Å²) in [4.78, 5) is 12.2. The van der Waals surface area contributed by atoms with Crippen molar-refractivity contribution in [2.24, 2.45) is 0 Å². The molecule has 4 heteroatoms. The van der Waals surface area contributed by atoms with Gasteiger partial charge in [-0.05, 0) is 30.2 Å². The van der Waals surface area contributed by atoms with Crippen molar-refractivity contribution in [3.63, 3.8) is 0 Å². The molecule has 0 radical (unpaired) electrons. The van der Waals surface area contributed by atoms with Crippen LogP contribution in [0, 0.1) is 11.6 Å². The van der Waals surface area contributed by atoms with Gasteiger partial charge in [-0.15, -0.1) is 0 Å². The quantitative estimate of drug-likeness (QED) is 0.839. The number of hydrogen-bond donors (Lipinski definition) is 1. The van der Waals surface area contributed by atoms with Gasteiger partial charge in [0.25, 0.3) is 0 Å². The lowest BCUT2D eigenvalue weighted by Gasteiger charge is -2.05. The number of hydrogen-bond acceptors (Lipinski definition) is 2. The third kappa shape index (κ3) is 2.21. The molecule has 0 bridgehead atoms. The van der Waals surface area contributed by atoms with Crippen LogP contribution in [-0.4, -0.2) is 12.3 Å². The molecule has 1 aliphatic rings. The van der Waals surface area contributed by atoms with E-state index in [1.807, 2.05) is 6.07 Å². The fraction of sp³-hybridized carbons (Fsp3) is 0.133. The molecule has 3 rings (SSSR count). The third-order valence-electron chi connectivity index (χ3n) is 3.21. The highest BCUT2D eigenvalue weighted by molar-refractivity contribution is 6.09. The fourth-order valence-electron chi connectivity index (χ4n) is 2.28. The molecule has 19 heavy (non-hydrogen) atoms. The van der Waals surface area contributed by atoms with Gasteiger partial charge >= 0.3 is 0 Å². The van der Waals surface area contributed by atoms with E-state index in [-0.39, 0.29) is 11.3 Å². The van der Waals surface area contributed by atoms with Gasteiger partial charge in [0, 0.05) is 29.4 Å². The first-order chi connectivity index (χ1) is 9.13. The molecule has 0 saturated carbocycles. The lowest BCUT2D eigenvalue weighted by Crippen LogP contribution is -2.03. The van der Waals surface area contributed by atoms with Crippen molar-refractivity contribution >= 4 is 11.5 Å². The van der Waals surface area contributed by atoms with Crippen LogP contribution < -0.4 is 5.32 Å². The summed E-state index contributed by atoms with van der Waals surface area (Å²) in [6.07, 6.45) is 0.929. The largest absolute Gasteiger partial charge is 0.384 e. The highest BCUT2D eigenvalue weighted by Gasteiger charge is 2.16. The molecule has 1 heterocycles. The second kappa shape index (κ2) is 4.46.